The Kier molecular flexibility index (Phi) is 4.89. The molecule has 1 heterocycles. The molecule has 2 amide bonds. The lowest BCUT2D eigenvalue weighted by Crippen LogP contribution is -2.28. The van der Waals surface area contributed by atoms with Crippen LogP contribution in [0.25, 0.3) is 0 Å². The minimum Gasteiger partial charge on any atom is -0.481 e. The van der Waals surface area contributed by atoms with Crippen LogP contribution in [0.5, 0.6) is 0 Å². The Bertz CT molecular complexity index is 654. The van der Waals surface area contributed by atoms with Crippen LogP contribution in [0.4, 0.5) is 10.5 Å². The molecular formula is C14H15N3O3S. The van der Waals surface area contributed by atoms with Gasteiger partial charge in [0.25, 0.3) is 0 Å². The van der Waals surface area contributed by atoms with Crippen molar-refractivity contribution in [2.24, 2.45) is 0 Å². The number of benzene rings is 1. The fourth-order valence-corrected chi connectivity index (χ4v) is 2.46. The number of hydrogen-bond donors (Lipinski definition) is 3. The van der Waals surface area contributed by atoms with E-state index in [1.807, 2.05) is 12.3 Å². The highest BCUT2D eigenvalue weighted by Gasteiger charge is 2.06. The van der Waals surface area contributed by atoms with E-state index in [2.05, 4.69) is 15.6 Å². The van der Waals surface area contributed by atoms with Gasteiger partial charge in [0.1, 0.15) is 5.01 Å². The zero-order valence-electron chi connectivity index (χ0n) is 11.4. The number of urea groups is 1. The largest absolute Gasteiger partial charge is 0.481 e. The number of hydrogen-bond acceptors (Lipinski definition) is 4. The van der Waals surface area contributed by atoms with Gasteiger partial charge in [-0.15, -0.1) is 11.3 Å². The maximum Gasteiger partial charge on any atom is 0.319 e. The second-order valence-corrected chi connectivity index (χ2v) is 5.40. The van der Waals surface area contributed by atoms with E-state index >= 15 is 0 Å². The van der Waals surface area contributed by atoms with Crippen molar-refractivity contribution < 1.29 is 14.7 Å². The average molecular weight is 305 g/mol. The summed E-state index contributed by atoms with van der Waals surface area (Å²) in [6.07, 6.45) is -0.0739. The van der Waals surface area contributed by atoms with Crippen LogP contribution in [-0.4, -0.2) is 22.1 Å². The van der Waals surface area contributed by atoms with Crippen molar-refractivity contribution in [3.63, 3.8) is 0 Å². The molecule has 1 aromatic heterocycles. The summed E-state index contributed by atoms with van der Waals surface area (Å²) in [5, 5.41) is 16.9. The lowest BCUT2D eigenvalue weighted by molar-refractivity contribution is -0.136. The molecule has 0 aliphatic carbocycles. The van der Waals surface area contributed by atoms with Gasteiger partial charge in [-0.3, -0.25) is 4.79 Å². The molecule has 0 aliphatic heterocycles. The van der Waals surface area contributed by atoms with Gasteiger partial charge < -0.3 is 15.7 Å². The highest BCUT2D eigenvalue weighted by atomic mass is 32.1. The van der Waals surface area contributed by atoms with Gasteiger partial charge in [0, 0.05) is 16.8 Å². The monoisotopic (exact) mass is 305 g/mol. The fourth-order valence-electron chi connectivity index (χ4n) is 1.75. The highest BCUT2D eigenvalue weighted by molar-refractivity contribution is 7.09. The van der Waals surface area contributed by atoms with Crippen molar-refractivity contribution in [2.45, 2.75) is 19.9 Å². The molecule has 2 rings (SSSR count). The summed E-state index contributed by atoms with van der Waals surface area (Å²) in [6.45, 7) is 2.26. The lowest BCUT2D eigenvalue weighted by Gasteiger charge is -2.07. The number of aryl methyl sites for hydroxylation is 1. The number of carboxylic acids is 1. The van der Waals surface area contributed by atoms with Gasteiger partial charge in [-0.2, -0.15) is 0 Å². The summed E-state index contributed by atoms with van der Waals surface area (Å²) < 4.78 is 0. The maximum atomic E-state index is 11.8. The SMILES string of the molecule is Cc1csc(CNC(=O)Nc2cccc(CC(=O)O)c2)n1. The van der Waals surface area contributed by atoms with Crippen molar-refractivity contribution in [1.29, 1.82) is 0 Å². The number of nitrogens with one attached hydrogen (secondary N) is 2. The molecule has 1 aromatic carbocycles. The number of thiazole rings is 1. The van der Waals surface area contributed by atoms with Gasteiger partial charge >= 0.3 is 12.0 Å². The maximum absolute atomic E-state index is 11.8. The molecule has 0 spiro atoms. The molecule has 6 nitrogen and oxygen atoms in total. The fraction of sp³-hybridized carbons (Fsp3) is 0.214. The Morgan fingerprint density at radius 1 is 1.38 bits per heavy atom. The first-order chi connectivity index (χ1) is 10.0. The van der Waals surface area contributed by atoms with Crippen molar-refractivity contribution in [1.82, 2.24) is 10.3 Å². The van der Waals surface area contributed by atoms with Crippen LogP contribution < -0.4 is 10.6 Å². The van der Waals surface area contributed by atoms with E-state index in [4.69, 9.17) is 5.11 Å². The number of carbonyl (C=O) groups excluding carboxylic acids is 1. The molecule has 3 N–H and O–H groups in total. The third-order valence-electron chi connectivity index (χ3n) is 2.61. The number of anilines is 1. The molecule has 7 heteroatoms. The van der Waals surface area contributed by atoms with Crippen molar-refractivity contribution in [2.75, 3.05) is 5.32 Å². The Morgan fingerprint density at radius 2 is 2.19 bits per heavy atom. The Balaban J connectivity index is 1.88. The van der Waals surface area contributed by atoms with Crippen LogP contribution in [-0.2, 0) is 17.8 Å². The zero-order chi connectivity index (χ0) is 15.2. The molecule has 0 unspecified atom stereocenters. The minimum absolute atomic E-state index is 0.0739. The Morgan fingerprint density at radius 3 is 2.86 bits per heavy atom. The number of aliphatic carboxylic acids is 1. The molecule has 110 valence electrons. The normalized spacial score (nSPS) is 10.1. The van der Waals surface area contributed by atoms with Gasteiger partial charge in [-0.1, -0.05) is 12.1 Å². The molecule has 0 bridgehead atoms. The molecule has 0 atom stereocenters. The van der Waals surface area contributed by atoms with Gasteiger partial charge in [0.2, 0.25) is 0 Å². The van der Waals surface area contributed by atoms with Crippen molar-refractivity contribution >= 4 is 29.0 Å². The van der Waals surface area contributed by atoms with Gasteiger partial charge in [0.15, 0.2) is 0 Å². The Labute approximate surface area is 125 Å². The highest BCUT2D eigenvalue weighted by Crippen LogP contribution is 2.12. The smallest absolute Gasteiger partial charge is 0.319 e. The molecule has 2 aromatic rings. The predicted octanol–water partition coefficient (Wildman–Crippen LogP) is 2.40. The topological polar surface area (TPSA) is 91.3 Å². The summed E-state index contributed by atoms with van der Waals surface area (Å²) in [6, 6.07) is 6.41. The number of carbonyl (C=O) groups is 2. The van der Waals surface area contributed by atoms with Crippen LogP contribution in [0.1, 0.15) is 16.3 Å². The first-order valence-electron chi connectivity index (χ1n) is 6.29. The van der Waals surface area contributed by atoms with E-state index in [-0.39, 0.29) is 12.5 Å². The van der Waals surface area contributed by atoms with E-state index < -0.39 is 5.97 Å². The summed E-state index contributed by atoms with van der Waals surface area (Å²) in [7, 11) is 0. The molecule has 0 saturated carbocycles. The van der Waals surface area contributed by atoms with Crippen LogP contribution in [0, 0.1) is 6.92 Å². The first-order valence-corrected chi connectivity index (χ1v) is 7.17. The number of amides is 2. The van der Waals surface area contributed by atoms with E-state index in [9.17, 15) is 9.59 Å². The molecule has 21 heavy (non-hydrogen) atoms. The lowest BCUT2D eigenvalue weighted by atomic mass is 10.1. The average Bonchev–Trinajstić information content (AvgIpc) is 2.82. The summed E-state index contributed by atoms with van der Waals surface area (Å²) in [4.78, 5) is 26.7. The quantitative estimate of drug-likeness (QED) is 0.791. The summed E-state index contributed by atoms with van der Waals surface area (Å²) >= 11 is 1.49. The molecule has 0 saturated heterocycles. The number of carboxylic acid groups (broad SMARTS) is 1. The predicted molar refractivity (Wildman–Crippen MR) is 80.5 cm³/mol. The number of aromatic nitrogens is 1. The van der Waals surface area contributed by atoms with Gasteiger partial charge in [-0.25, -0.2) is 9.78 Å². The second-order valence-electron chi connectivity index (χ2n) is 4.46. The molecule has 0 fully saturated rings. The van der Waals surface area contributed by atoms with E-state index in [0.717, 1.165) is 10.7 Å². The molecule has 0 aliphatic rings. The number of rotatable bonds is 5. The number of nitrogens with zero attached hydrogens (tertiary/aromatic N) is 1. The molecule has 0 radical (unpaired) electrons. The molecular weight excluding hydrogens is 290 g/mol. The second kappa shape index (κ2) is 6.85. The van der Waals surface area contributed by atoms with Gasteiger partial charge in [-0.05, 0) is 24.6 Å². The van der Waals surface area contributed by atoms with Gasteiger partial charge in [0.05, 0.1) is 13.0 Å². The minimum atomic E-state index is -0.907. The third kappa shape index (κ3) is 4.88. The summed E-state index contributed by atoms with van der Waals surface area (Å²) in [5.74, 6) is -0.907. The van der Waals surface area contributed by atoms with E-state index in [0.29, 0.717) is 17.8 Å². The van der Waals surface area contributed by atoms with Crippen LogP contribution in [0.3, 0.4) is 0 Å². The van der Waals surface area contributed by atoms with Crippen LogP contribution in [0.15, 0.2) is 29.6 Å². The summed E-state index contributed by atoms with van der Waals surface area (Å²) in [5.41, 5.74) is 2.12. The first kappa shape index (κ1) is 15.0. The van der Waals surface area contributed by atoms with E-state index in [1.165, 1.54) is 11.3 Å². The third-order valence-corrected chi connectivity index (χ3v) is 3.57. The van der Waals surface area contributed by atoms with Crippen LogP contribution in [0.2, 0.25) is 0 Å². The van der Waals surface area contributed by atoms with Crippen LogP contribution >= 0.6 is 11.3 Å². The van der Waals surface area contributed by atoms with Crippen molar-refractivity contribution in [3.8, 4) is 0 Å². The van der Waals surface area contributed by atoms with E-state index in [1.54, 1.807) is 24.3 Å². The zero-order valence-corrected chi connectivity index (χ0v) is 12.2. The van der Waals surface area contributed by atoms with Crippen molar-refractivity contribution in [3.05, 3.63) is 45.9 Å². The standard InChI is InChI=1S/C14H15N3O3S/c1-9-8-21-12(16-9)7-15-14(20)17-11-4-2-3-10(5-11)6-13(18)19/h2-5,8H,6-7H2,1H3,(H,18,19)(H2,15,17,20). The Hall–Kier alpha value is -2.41.